The fourth-order valence-corrected chi connectivity index (χ4v) is 10.8. The predicted octanol–water partition coefficient (Wildman–Crippen LogP) is 25.2. The maximum Gasteiger partial charge on any atom is 0.306 e. The van der Waals surface area contributed by atoms with Gasteiger partial charge in [-0.2, -0.15) is 0 Å². The number of rotatable bonds is 67. The Morgan fingerprint density at radius 1 is 0.253 bits per heavy atom. The van der Waals surface area contributed by atoms with E-state index in [1.807, 2.05) is 0 Å². The summed E-state index contributed by atoms with van der Waals surface area (Å²) >= 11 is 0. The Kier molecular flexibility index (Phi) is 68.6. The highest BCUT2D eigenvalue weighted by Crippen LogP contribution is 2.19. The van der Waals surface area contributed by atoms with Crippen LogP contribution in [0.5, 0.6) is 0 Å². The second kappa shape index (κ2) is 71.3. The first-order valence-corrected chi connectivity index (χ1v) is 36.4. The summed E-state index contributed by atoms with van der Waals surface area (Å²) in [5.74, 6) is -0.949. The Labute approximate surface area is 516 Å². The maximum absolute atomic E-state index is 12.9. The minimum absolute atomic E-state index is 0.0977. The largest absolute Gasteiger partial charge is 0.462 e. The van der Waals surface area contributed by atoms with Gasteiger partial charge >= 0.3 is 17.9 Å². The summed E-state index contributed by atoms with van der Waals surface area (Å²) < 4.78 is 16.9. The van der Waals surface area contributed by atoms with E-state index >= 15 is 0 Å². The van der Waals surface area contributed by atoms with Gasteiger partial charge in [-0.05, 0) is 83.5 Å². The fourth-order valence-electron chi connectivity index (χ4n) is 10.8. The average Bonchev–Trinajstić information content (AvgIpc) is 3.49. The maximum atomic E-state index is 12.9. The molecule has 0 bridgehead atoms. The van der Waals surface area contributed by atoms with E-state index in [1.54, 1.807) is 0 Å². The highest BCUT2D eigenvalue weighted by molar-refractivity contribution is 5.71. The van der Waals surface area contributed by atoms with E-state index in [1.165, 1.54) is 250 Å². The average molecular weight is 1160 g/mol. The number of carbonyl (C=O) groups excluding carboxylic acids is 3. The van der Waals surface area contributed by atoms with Gasteiger partial charge in [0.05, 0.1) is 0 Å². The lowest BCUT2D eigenvalue weighted by molar-refractivity contribution is -0.167. The number of hydrogen-bond acceptors (Lipinski definition) is 6. The molecule has 0 saturated carbocycles. The van der Waals surface area contributed by atoms with Crippen molar-refractivity contribution in [2.24, 2.45) is 0 Å². The third kappa shape index (κ3) is 69.5. The van der Waals surface area contributed by atoms with Gasteiger partial charge in [-0.3, -0.25) is 14.4 Å². The van der Waals surface area contributed by atoms with Gasteiger partial charge in [-0.15, -0.1) is 0 Å². The topological polar surface area (TPSA) is 78.9 Å². The quantitative estimate of drug-likeness (QED) is 0.0261. The van der Waals surface area contributed by atoms with E-state index in [2.05, 4.69) is 93.7 Å². The summed E-state index contributed by atoms with van der Waals surface area (Å²) in [6, 6.07) is 0. The van der Waals surface area contributed by atoms with E-state index < -0.39 is 6.10 Å². The summed E-state index contributed by atoms with van der Waals surface area (Å²) in [5, 5.41) is 0. The number of hydrogen-bond donors (Lipinski definition) is 0. The molecule has 0 aliphatic rings. The Balaban J connectivity index is 4.12. The second-order valence-electron chi connectivity index (χ2n) is 24.5. The van der Waals surface area contributed by atoms with Crippen molar-refractivity contribution >= 4 is 17.9 Å². The van der Waals surface area contributed by atoms with Gasteiger partial charge in [0.25, 0.3) is 0 Å². The SMILES string of the molecule is CC/C=C\C/C=C\C/C=C\C/C=C\C/C=C\CCCC(=O)OC(COC(=O)CCCCCCC/C=C\CCCCCC)COC(=O)CCCCCCCCCCCCCCCCCCCCCCCCCCCCCCCCCCCCC. The molecule has 0 aliphatic heterocycles. The number of esters is 3. The zero-order valence-corrected chi connectivity index (χ0v) is 55.5. The Morgan fingerprint density at radius 2 is 0.482 bits per heavy atom. The molecule has 83 heavy (non-hydrogen) atoms. The summed E-state index contributed by atoms with van der Waals surface area (Å²) in [5.41, 5.74) is 0. The van der Waals surface area contributed by atoms with Crippen molar-refractivity contribution in [3.8, 4) is 0 Å². The van der Waals surface area contributed by atoms with Crippen LogP contribution >= 0.6 is 0 Å². The minimum atomic E-state index is -0.809. The highest BCUT2D eigenvalue weighted by Gasteiger charge is 2.19. The molecule has 0 spiro atoms. The van der Waals surface area contributed by atoms with Gasteiger partial charge in [0, 0.05) is 19.3 Å². The molecule has 1 unspecified atom stereocenters. The van der Waals surface area contributed by atoms with E-state index in [0.717, 1.165) is 83.5 Å². The van der Waals surface area contributed by atoms with Crippen LogP contribution in [-0.4, -0.2) is 37.2 Å². The molecule has 0 saturated heterocycles. The summed E-state index contributed by atoms with van der Waals surface area (Å²) in [4.78, 5) is 38.3. The third-order valence-electron chi connectivity index (χ3n) is 16.2. The minimum Gasteiger partial charge on any atom is -0.462 e. The molecule has 0 rings (SSSR count). The Bertz CT molecular complexity index is 1520. The molecule has 0 N–H and O–H groups in total. The van der Waals surface area contributed by atoms with Gasteiger partial charge < -0.3 is 14.2 Å². The summed E-state index contributed by atoms with van der Waals surface area (Å²) in [6.07, 6.45) is 94.1. The van der Waals surface area contributed by atoms with Crippen molar-refractivity contribution in [2.45, 2.75) is 386 Å². The molecule has 0 radical (unpaired) electrons. The van der Waals surface area contributed by atoms with E-state index in [9.17, 15) is 14.4 Å². The van der Waals surface area contributed by atoms with Crippen LogP contribution in [0.3, 0.4) is 0 Å². The lowest BCUT2D eigenvalue weighted by atomic mass is 10.0. The zero-order valence-electron chi connectivity index (χ0n) is 55.5. The molecule has 0 heterocycles. The molecule has 0 aliphatic carbocycles. The summed E-state index contributed by atoms with van der Waals surface area (Å²) in [6.45, 7) is 6.51. The van der Waals surface area contributed by atoms with Gasteiger partial charge in [0.15, 0.2) is 6.10 Å². The standard InChI is InChI=1S/C77H138O6/c1-4-7-10-13-16-19-22-25-27-29-30-31-32-33-34-35-36-37-38-39-40-41-42-43-44-45-46-48-49-52-55-58-61-64-67-70-76(79)82-73-74(72-81-75(78)69-66-63-60-57-54-51-24-21-18-15-12-9-6-3)83-77(80)71-68-65-62-59-56-53-50-47-28-26-23-20-17-14-11-8-5-2/h8,11,17,20-21,24,26,28,50,53,59,62,74H,4-7,9-10,12-16,18-19,22-23,25,27,29-49,51-52,54-58,60-61,63-73H2,1-3H3/b11-8-,20-17-,24-21-,28-26-,53-50-,62-59-. The van der Waals surface area contributed by atoms with Crippen LogP contribution in [0.1, 0.15) is 380 Å². The third-order valence-corrected chi connectivity index (χ3v) is 16.2. The number of carbonyl (C=O) groups is 3. The first-order valence-electron chi connectivity index (χ1n) is 36.4. The zero-order chi connectivity index (χ0) is 59.9. The van der Waals surface area contributed by atoms with Gasteiger partial charge in [-0.25, -0.2) is 0 Å². The fraction of sp³-hybridized carbons (Fsp3) is 0.805. The van der Waals surface area contributed by atoms with Crippen LogP contribution in [0.2, 0.25) is 0 Å². The lowest BCUT2D eigenvalue weighted by Gasteiger charge is -2.18. The number of unbranched alkanes of at least 4 members (excludes halogenated alkanes) is 44. The van der Waals surface area contributed by atoms with Gasteiger partial charge in [0.1, 0.15) is 13.2 Å². The molecule has 0 aromatic rings. The van der Waals surface area contributed by atoms with E-state index in [0.29, 0.717) is 19.3 Å². The molecule has 0 aromatic carbocycles. The van der Waals surface area contributed by atoms with Crippen LogP contribution in [-0.2, 0) is 28.6 Å². The first kappa shape index (κ1) is 79.8. The van der Waals surface area contributed by atoms with Crippen LogP contribution in [0.25, 0.3) is 0 Å². The molecule has 6 heteroatoms. The van der Waals surface area contributed by atoms with Gasteiger partial charge in [0.2, 0.25) is 0 Å². The molecule has 1 atom stereocenters. The van der Waals surface area contributed by atoms with Crippen LogP contribution in [0.15, 0.2) is 72.9 Å². The van der Waals surface area contributed by atoms with Crippen molar-refractivity contribution in [2.75, 3.05) is 13.2 Å². The molecular formula is C77H138O6. The monoisotopic (exact) mass is 1160 g/mol. The van der Waals surface area contributed by atoms with Crippen molar-refractivity contribution in [1.82, 2.24) is 0 Å². The lowest BCUT2D eigenvalue weighted by Crippen LogP contribution is -2.30. The summed E-state index contributed by atoms with van der Waals surface area (Å²) in [7, 11) is 0. The van der Waals surface area contributed by atoms with Crippen molar-refractivity contribution in [3.05, 3.63) is 72.9 Å². The molecular weight excluding hydrogens is 1020 g/mol. The van der Waals surface area contributed by atoms with Crippen molar-refractivity contribution in [1.29, 1.82) is 0 Å². The molecule has 482 valence electrons. The Hall–Kier alpha value is -3.15. The van der Waals surface area contributed by atoms with Crippen molar-refractivity contribution in [3.63, 3.8) is 0 Å². The highest BCUT2D eigenvalue weighted by atomic mass is 16.6. The van der Waals surface area contributed by atoms with Crippen LogP contribution in [0, 0.1) is 0 Å². The van der Waals surface area contributed by atoms with Crippen LogP contribution < -0.4 is 0 Å². The molecule has 0 amide bonds. The van der Waals surface area contributed by atoms with Gasteiger partial charge in [-0.1, -0.05) is 351 Å². The smallest absolute Gasteiger partial charge is 0.306 e. The predicted molar refractivity (Wildman–Crippen MR) is 362 cm³/mol. The first-order chi connectivity index (χ1) is 41.0. The number of allylic oxidation sites excluding steroid dienone is 12. The molecule has 6 nitrogen and oxygen atoms in total. The second-order valence-corrected chi connectivity index (χ2v) is 24.5. The normalized spacial score (nSPS) is 12.5. The van der Waals surface area contributed by atoms with Crippen molar-refractivity contribution < 1.29 is 28.6 Å². The van der Waals surface area contributed by atoms with E-state index in [-0.39, 0.29) is 37.5 Å². The Morgan fingerprint density at radius 3 is 0.795 bits per heavy atom. The molecule has 0 fully saturated rings. The molecule has 0 aromatic heterocycles. The van der Waals surface area contributed by atoms with Crippen LogP contribution in [0.4, 0.5) is 0 Å². The van der Waals surface area contributed by atoms with E-state index in [4.69, 9.17) is 14.2 Å². The number of ether oxygens (including phenoxy) is 3.